The average Bonchev–Trinajstić information content (AvgIpc) is 3.28. The Hall–Kier alpha value is -4.07. The lowest BCUT2D eigenvalue weighted by molar-refractivity contribution is -0.116. The molecule has 2 aromatic heterocycles. The number of rotatable bonds is 6. The van der Waals surface area contributed by atoms with Crippen molar-refractivity contribution >= 4 is 28.2 Å². The van der Waals surface area contributed by atoms with Gasteiger partial charge in [0.1, 0.15) is 12.3 Å². The topological polar surface area (TPSA) is 89.5 Å². The van der Waals surface area contributed by atoms with Crippen LogP contribution in [0, 0.1) is 0 Å². The van der Waals surface area contributed by atoms with Crippen LogP contribution in [0.15, 0.2) is 80.9 Å². The monoisotopic (exact) mass is 418 g/mol. The van der Waals surface area contributed by atoms with Crippen molar-refractivity contribution in [1.29, 1.82) is 0 Å². The van der Waals surface area contributed by atoms with Gasteiger partial charge in [0, 0.05) is 25.5 Å². The highest BCUT2D eigenvalue weighted by Crippen LogP contribution is 2.16. The maximum Gasteiger partial charge on any atom is 0.332 e. The molecule has 2 heterocycles. The summed E-state index contributed by atoms with van der Waals surface area (Å²) in [5.41, 5.74) is 1.04. The first-order valence-corrected chi connectivity index (χ1v) is 9.76. The van der Waals surface area contributed by atoms with Crippen molar-refractivity contribution in [3.05, 3.63) is 93.5 Å². The number of furan rings is 1. The Balaban J connectivity index is 1.68. The summed E-state index contributed by atoms with van der Waals surface area (Å²) in [5.74, 6) is 0.111. The van der Waals surface area contributed by atoms with Gasteiger partial charge in [0.15, 0.2) is 0 Å². The summed E-state index contributed by atoms with van der Waals surface area (Å²) in [6.07, 6.45) is 1.48. The van der Waals surface area contributed by atoms with Crippen molar-refractivity contribution < 1.29 is 9.21 Å². The highest BCUT2D eigenvalue weighted by Gasteiger charge is 2.16. The van der Waals surface area contributed by atoms with E-state index in [-0.39, 0.29) is 19.0 Å². The van der Waals surface area contributed by atoms with E-state index >= 15 is 0 Å². The Morgan fingerprint density at radius 2 is 1.71 bits per heavy atom. The van der Waals surface area contributed by atoms with Crippen LogP contribution in [-0.4, -0.2) is 29.1 Å². The van der Waals surface area contributed by atoms with Gasteiger partial charge in [0.05, 0.1) is 23.7 Å². The molecule has 31 heavy (non-hydrogen) atoms. The van der Waals surface area contributed by atoms with Gasteiger partial charge in [0.25, 0.3) is 5.56 Å². The summed E-state index contributed by atoms with van der Waals surface area (Å²) < 4.78 is 7.69. The third kappa shape index (κ3) is 4.13. The van der Waals surface area contributed by atoms with Gasteiger partial charge in [0.2, 0.25) is 5.91 Å². The number of nitrogens with zero attached hydrogens (tertiary/aromatic N) is 3. The van der Waals surface area contributed by atoms with Crippen LogP contribution in [0.4, 0.5) is 11.4 Å². The fraction of sp³-hybridized carbons (Fsp3) is 0.174. The van der Waals surface area contributed by atoms with Crippen molar-refractivity contribution in [3.8, 4) is 0 Å². The zero-order valence-electron chi connectivity index (χ0n) is 17.2. The first-order valence-electron chi connectivity index (χ1n) is 9.76. The van der Waals surface area contributed by atoms with Gasteiger partial charge in [-0.15, -0.1) is 0 Å². The molecule has 1 amide bonds. The van der Waals surface area contributed by atoms with Crippen LogP contribution in [0.3, 0.4) is 0 Å². The Morgan fingerprint density at radius 1 is 0.968 bits per heavy atom. The number of fused-ring (bicyclic) bond motifs is 1. The number of hydrogen-bond donors (Lipinski definition) is 1. The van der Waals surface area contributed by atoms with E-state index in [1.165, 1.54) is 10.8 Å². The predicted octanol–water partition coefficient (Wildman–Crippen LogP) is 2.51. The summed E-state index contributed by atoms with van der Waals surface area (Å²) in [5, 5.41) is 3.16. The van der Waals surface area contributed by atoms with Crippen molar-refractivity contribution in [2.75, 3.05) is 24.3 Å². The second kappa shape index (κ2) is 8.35. The van der Waals surface area contributed by atoms with Crippen LogP contribution >= 0.6 is 0 Å². The molecule has 1 N–H and O–H groups in total. The summed E-state index contributed by atoms with van der Waals surface area (Å²) >= 11 is 0. The van der Waals surface area contributed by atoms with E-state index in [0.717, 1.165) is 10.3 Å². The zero-order valence-corrected chi connectivity index (χ0v) is 17.2. The zero-order chi connectivity index (χ0) is 22.0. The number of carbonyl (C=O) groups is 1. The van der Waals surface area contributed by atoms with E-state index in [0.29, 0.717) is 22.4 Å². The average molecular weight is 418 g/mol. The van der Waals surface area contributed by atoms with Crippen molar-refractivity contribution in [2.24, 2.45) is 0 Å². The molecule has 0 aliphatic heterocycles. The molecule has 0 unspecified atom stereocenters. The number of hydrogen-bond acceptors (Lipinski definition) is 5. The van der Waals surface area contributed by atoms with Crippen LogP contribution in [0.5, 0.6) is 0 Å². The molecule has 158 valence electrons. The maximum absolute atomic E-state index is 13.1. The summed E-state index contributed by atoms with van der Waals surface area (Å²) in [6, 6.07) is 17.5. The first-order chi connectivity index (χ1) is 14.9. The van der Waals surface area contributed by atoms with Crippen LogP contribution < -0.4 is 21.5 Å². The highest BCUT2D eigenvalue weighted by atomic mass is 16.3. The normalized spacial score (nSPS) is 10.9. The van der Waals surface area contributed by atoms with E-state index < -0.39 is 11.2 Å². The van der Waals surface area contributed by atoms with E-state index in [1.54, 1.807) is 48.5 Å². The van der Waals surface area contributed by atoms with E-state index in [9.17, 15) is 14.4 Å². The van der Waals surface area contributed by atoms with Gasteiger partial charge in [-0.1, -0.05) is 12.1 Å². The largest absolute Gasteiger partial charge is 0.467 e. The molecule has 0 bridgehead atoms. The molecule has 4 aromatic rings. The van der Waals surface area contributed by atoms with Gasteiger partial charge in [-0.25, -0.2) is 4.79 Å². The number of anilines is 2. The second-order valence-corrected chi connectivity index (χ2v) is 7.35. The number of amides is 1. The lowest BCUT2D eigenvalue weighted by atomic mass is 10.2. The fourth-order valence-corrected chi connectivity index (χ4v) is 3.41. The molecule has 0 atom stereocenters. The van der Waals surface area contributed by atoms with E-state index in [1.807, 2.05) is 31.1 Å². The summed E-state index contributed by atoms with van der Waals surface area (Å²) in [6.45, 7) is -0.240. The lowest BCUT2D eigenvalue weighted by Crippen LogP contribution is -2.42. The smallest absolute Gasteiger partial charge is 0.332 e. The Bertz CT molecular complexity index is 1330. The van der Waals surface area contributed by atoms with Gasteiger partial charge in [-0.2, -0.15) is 0 Å². The maximum atomic E-state index is 13.1. The van der Waals surface area contributed by atoms with Crippen LogP contribution in [0.2, 0.25) is 0 Å². The minimum absolute atomic E-state index is 0.0108. The summed E-state index contributed by atoms with van der Waals surface area (Å²) in [4.78, 5) is 40.7. The number of aromatic nitrogens is 2. The van der Waals surface area contributed by atoms with Crippen molar-refractivity contribution in [3.63, 3.8) is 0 Å². The molecule has 8 nitrogen and oxygen atoms in total. The van der Waals surface area contributed by atoms with Crippen LogP contribution in [0.1, 0.15) is 5.76 Å². The molecule has 2 aromatic carbocycles. The molecule has 0 aliphatic carbocycles. The highest BCUT2D eigenvalue weighted by molar-refractivity contribution is 5.91. The third-order valence-corrected chi connectivity index (χ3v) is 5.00. The molecule has 0 saturated heterocycles. The standard InChI is InChI=1S/C23H22N4O4/c1-25(2)17-11-9-16(10-12-17)24-21(28)15-26-20-8-4-3-7-19(20)22(29)27(23(26)30)14-18-6-5-13-31-18/h3-13H,14-15H2,1-2H3,(H,24,28). The lowest BCUT2D eigenvalue weighted by Gasteiger charge is -2.15. The molecule has 0 aliphatic rings. The minimum Gasteiger partial charge on any atom is -0.467 e. The predicted molar refractivity (Wildman–Crippen MR) is 120 cm³/mol. The Kier molecular flexibility index (Phi) is 5.44. The van der Waals surface area contributed by atoms with Gasteiger partial charge < -0.3 is 14.6 Å². The molecule has 8 heteroatoms. The van der Waals surface area contributed by atoms with Gasteiger partial charge in [-0.3, -0.25) is 18.7 Å². The van der Waals surface area contributed by atoms with Crippen molar-refractivity contribution in [2.45, 2.75) is 13.1 Å². The quantitative estimate of drug-likeness (QED) is 0.520. The second-order valence-electron chi connectivity index (χ2n) is 7.35. The van der Waals surface area contributed by atoms with Gasteiger partial charge >= 0.3 is 5.69 Å². The molecule has 4 rings (SSSR count). The molecule has 0 spiro atoms. The van der Waals surface area contributed by atoms with Gasteiger partial charge in [-0.05, 0) is 48.5 Å². The Labute approximate surface area is 177 Å². The molecule has 0 radical (unpaired) electrons. The Morgan fingerprint density at radius 3 is 2.39 bits per heavy atom. The molecule has 0 fully saturated rings. The number of benzene rings is 2. The molecule has 0 saturated carbocycles. The van der Waals surface area contributed by atoms with E-state index in [2.05, 4.69) is 5.32 Å². The van der Waals surface area contributed by atoms with Crippen molar-refractivity contribution in [1.82, 2.24) is 9.13 Å². The molecular formula is C23H22N4O4. The summed E-state index contributed by atoms with van der Waals surface area (Å²) in [7, 11) is 3.87. The third-order valence-electron chi connectivity index (χ3n) is 5.00. The minimum atomic E-state index is -0.571. The molecular weight excluding hydrogens is 396 g/mol. The van der Waals surface area contributed by atoms with E-state index in [4.69, 9.17) is 4.42 Å². The van der Waals surface area contributed by atoms with Crippen LogP contribution in [-0.2, 0) is 17.9 Å². The SMILES string of the molecule is CN(C)c1ccc(NC(=O)Cn2c(=O)n(Cc3ccco3)c(=O)c3ccccc32)cc1. The fourth-order valence-electron chi connectivity index (χ4n) is 3.41. The number of carbonyl (C=O) groups excluding carboxylic acids is 1. The first kappa shape index (κ1) is 20.2. The number of nitrogens with one attached hydrogen (secondary N) is 1. The number of para-hydroxylation sites is 1. The van der Waals surface area contributed by atoms with Crippen LogP contribution in [0.25, 0.3) is 10.9 Å².